The number of ether oxygens (including phenoxy) is 2. The molecule has 0 aliphatic carbocycles. The number of halogens is 1. The first-order valence-electron chi connectivity index (χ1n) is 4.87. The van der Waals surface area contributed by atoms with Crippen molar-refractivity contribution < 1.29 is 9.47 Å². The molecule has 0 N–H and O–H groups in total. The second-order valence-corrected chi connectivity index (χ2v) is 5.06. The van der Waals surface area contributed by atoms with Gasteiger partial charge in [0.2, 0.25) is 6.29 Å². The first-order chi connectivity index (χ1) is 8.24. The first kappa shape index (κ1) is 12.6. The number of thiophene rings is 1. The Morgan fingerprint density at radius 2 is 2.12 bits per heavy atom. The monoisotopic (exact) mass is 314 g/mol. The SMILES string of the molecule is COC(OC)c1ccnc(-c2cc(Br)cs2)n1. The predicted octanol–water partition coefficient (Wildman–Crippen LogP) is 3.26. The Balaban J connectivity index is 2.34. The third-order valence-corrected chi connectivity index (χ3v) is 3.82. The van der Waals surface area contributed by atoms with E-state index in [0.717, 1.165) is 9.35 Å². The van der Waals surface area contributed by atoms with Gasteiger partial charge in [-0.3, -0.25) is 0 Å². The largest absolute Gasteiger partial charge is 0.350 e. The first-order valence-corrected chi connectivity index (χ1v) is 6.55. The van der Waals surface area contributed by atoms with Gasteiger partial charge in [0.1, 0.15) is 5.69 Å². The van der Waals surface area contributed by atoms with E-state index in [1.165, 1.54) is 0 Å². The summed E-state index contributed by atoms with van der Waals surface area (Å²) in [5.41, 5.74) is 0.713. The molecule has 0 bridgehead atoms. The highest BCUT2D eigenvalue weighted by atomic mass is 79.9. The van der Waals surface area contributed by atoms with Gasteiger partial charge in [-0.25, -0.2) is 9.97 Å². The molecule has 0 spiro atoms. The van der Waals surface area contributed by atoms with Crippen molar-refractivity contribution >= 4 is 27.3 Å². The van der Waals surface area contributed by atoms with Crippen molar-refractivity contribution in [2.75, 3.05) is 14.2 Å². The van der Waals surface area contributed by atoms with Crippen LogP contribution in [0.3, 0.4) is 0 Å². The minimum atomic E-state index is -0.458. The van der Waals surface area contributed by atoms with Crippen molar-refractivity contribution in [2.24, 2.45) is 0 Å². The molecular weight excluding hydrogens is 304 g/mol. The van der Waals surface area contributed by atoms with Crippen LogP contribution in [0.2, 0.25) is 0 Å². The zero-order chi connectivity index (χ0) is 12.3. The minimum Gasteiger partial charge on any atom is -0.350 e. The normalized spacial score (nSPS) is 11.1. The molecule has 0 unspecified atom stereocenters. The van der Waals surface area contributed by atoms with Crippen molar-refractivity contribution in [1.29, 1.82) is 0 Å². The number of hydrogen-bond acceptors (Lipinski definition) is 5. The average Bonchev–Trinajstić information content (AvgIpc) is 2.78. The van der Waals surface area contributed by atoms with E-state index >= 15 is 0 Å². The maximum atomic E-state index is 5.16. The molecule has 0 aromatic carbocycles. The van der Waals surface area contributed by atoms with Gasteiger partial charge in [-0.05, 0) is 28.1 Å². The highest BCUT2D eigenvalue weighted by Gasteiger charge is 2.13. The van der Waals surface area contributed by atoms with Crippen LogP contribution in [0.1, 0.15) is 12.0 Å². The van der Waals surface area contributed by atoms with Gasteiger partial charge in [0.15, 0.2) is 5.82 Å². The Morgan fingerprint density at radius 3 is 2.71 bits per heavy atom. The molecule has 0 saturated carbocycles. The average molecular weight is 315 g/mol. The van der Waals surface area contributed by atoms with Gasteiger partial charge in [-0.2, -0.15) is 0 Å². The number of nitrogens with zero attached hydrogens (tertiary/aromatic N) is 2. The fraction of sp³-hybridized carbons (Fsp3) is 0.273. The third-order valence-electron chi connectivity index (χ3n) is 2.13. The summed E-state index contributed by atoms with van der Waals surface area (Å²) >= 11 is 4.99. The summed E-state index contributed by atoms with van der Waals surface area (Å²) in [6.07, 6.45) is 1.25. The lowest BCUT2D eigenvalue weighted by molar-refractivity contribution is -0.108. The molecule has 2 aromatic rings. The van der Waals surface area contributed by atoms with E-state index in [-0.39, 0.29) is 0 Å². The topological polar surface area (TPSA) is 44.2 Å². The molecular formula is C11H11BrN2O2S. The summed E-state index contributed by atoms with van der Waals surface area (Å²) in [4.78, 5) is 9.67. The van der Waals surface area contributed by atoms with Crippen LogP contribution >= 0.6 is 27.3 Å². The Kier molecular flexibility index (Phi) is 4.22. The van der Waals surface area contributed by atoms with Gasteiger partial charge >= 0.3 is 0 Å². The number of methoxy groups -OCH3 is 2. The standard InChI is InChI=1S/C11H11BrN2O2S/c1-15-11(16-2)8-3-4-13-10(14-8)9-5-7(12)6-17-9/h3-6,11H,1-2H3. The molecule has 17 heavy (non-hydrogen) atoms. The van der Waals surface area contributed by atoms with Gasteiger partial charge in [-0.15, -0.1) is 11.3 Å². The third kappa shape index (κ3) is 2.90. The van der Waals surface area contributed by atoms with Crippen LogP contribution in [-0.4, -0.2) is 24.2 Å². The summed E-state index contributed by atoms with van der Waals surface area (Å²) in [5, 5.41) is 2.00. The van der Waals surface area contributed by atoms with E-state index in [1.54, 1.807) is 37.8 Å². The maximum absolute atomic E-state index is 5.16. The smallest absolute Gasteiger partial charge is 0.200 e. The molecule has 2 aromatic heterocycles. The Labute approximate surface area is 112 Å². The van der Waals surface area contributed by atoms with Crippen molar-refractivity contribution in [3.63, 3.8) is 0 Å². The fourth-order valence-electron chi connectivity index (χ4n) is 1.39. The van der Waals surface area contributed by atoms with Crippen molar-refractivity contribution in [2.45, 2.75) is 6.29 Å². The quantitative estimate of drug-likeness (QED) is 0.812. The summed E-state index contributed by atoms with van der Waals surface area (Å²) in [6.45, 7) is 0. The van der Waals surface area contributed by atoms with Crippen molar-refractivity contribution in [3.8, 4) is 10.7 Å². The summed E-state index contributed by atoms with van der Waals surface area (Å²) < 4.78 is 11.4. The highest BCUT2D eigenvalue weighted by Crippen LogP contribution is 2.28. The van der Waals surface area contributed by atoms with Crippen LogP contribution < -0.4 is 0 Å². The fourth-order valence-corrected chi connectivity index (χ4v) is 2.76. The van der Waals surface area contributed by atoms with E-state index in [9.17, 15) is 0 Å². The lowest BCUT2D eigenvalue weighted by atomic mass is 10.3. The lowest BCUT2D eigenvalue weighted by Gasteiger charge is -2.12. The molecule has 4 nitrogen and oxygen atoms in total. The summed E-state index contributed by atoms with van der Waals surface area (Å²) in [5.74, 6) is 0.678. The van der Waals surface area contributed by atoms with Crippen LogP contribution in [0.4, 0.5) is 0 Å². The van der Waals surface area contributed by atoms with E-state index in [4.69, 9.17) is 9.47 Å². The highest BCUT2D eigenvalue weighted by molar-refractivity contribution is 9.10. The van der Waals surface area contributed by atoms with Crippen molar-refractivity contribution in [3.05, 3.63) is 33.9 Å². The van der Waals surface area contributed by atoms with Crippen molar-refractivity contribution in [1.82, 2.24) is 9.97 Å². The second-order valence-electron chi connectivity index (χ2n) is 3.24. The van der Waals surface area contributed by atoms with E-state index in [0.29, 0.717) is 11.5 Å². The second kappa shape index (κ2) is 5.68. The molecule has 0 amide bonds. The van der Waals surface area contributed by atoms with Crippen LogP contribution in [0.25, 0.3) is 10.7 Å². The van der Waals surface area contributed by atoms with Crippen LogP contribution in [0.15, 0.2) is 28.2 Å². The van der Waals surface area contributed by atoms with Gasteiger partial charge in [-0.1, -0.05) is 0 Å². The Bertz CT molecular complexity index is 500. The number of rotatable bonds is 4. The van der Waals surface area contributed by atoms with Gasteiger partial charge < -0.3 is 9.47 Å². The van der Waals surface area contributed by atoms with Gasteiger partial charge in [0, 0.05) is 30.3 Å². The zero-order valence-electron chi connectivity index (χ0n) is 9.38. The molecule has 90 valence electrons. The molecule has 0 radical (unpaired) electrons. The zero-order valence-corrected chi connectivity index (χ0v) is 11.8. The van der Waals surface area contributed by atoms with Crippen LogP contribution in [-0.2, 0) is 9.47 Å². The Morgan fingerprint density at radius 1 is 1.35 bits per heavy atom. The molecule has 0 aliphatic rings. The van der Waals surface area contributed by atoms with Crippen LogP contribution in [0, 0.1) is 0 Å². The van der Waals surface area contributed by atoms with Gasteiger partial charge in [0.25, 0.3) is 0 Å². The molecule has 2 heterocycles. The molecule has 0 saturated heterocycles. The van der Waals surface area contributed by atoms with Crippen LogP contribution in [0.5, 0.6) is 0 Å². The van der Waals surface area contributed by atoms with Gasteiger partial charge in [0.05, 0.1) is 4.88 Å². The van der Waals surface area contributed by atoms with E-state index < -0.39 is 6.29 Å². The van der Waals surface area contributed by atoms with E-state index in [2.05, 4.69) is 25.9 Å². The predicted molar refractivity (Wildman–Crippen MR) is 69.8 cm³/mol. The van der Waals surface area contributed by atoms with E-state index in [1.807, 2.05) is 11.4 Å². The summed E-state index contributed by atoms with van der Waals surface area (Å²) in [6, 6.07) is 3.77. The molecule has 0 aliphatic heterocycles. The summed E-state index contributed by atoms with van der Waals surface area (Å²) in [7, 11) is 3.16. The maximum Gasteiger partial charge on any atom is 0.200 e. The number of hydrogen-bond donors (Lipinski definition) is 0. The molecule has 0 fully saturated rings. The lowest BCUT2D eigenvalue weighted by Crippen LogP contribution is -2.06. The molecule has 2 rings (SSSR count). The Hall–Kier alpha value is -0.820. The molecule has 6 heteroatoms. The number of aromatic nitrogens is 2. The minimum absolute atomic E-state index is 0.458. The molecule has 0 atom stereocenters.